The van der Waals surface area contributed by atoms with E-state index in [0.717, 1.165) is 10.9 Å². The van der Waals surface area contributed by atoms with Crippen LogP contribution in [0, 0.1) is 0 Å². The molecule has 1 aromatic carbocycles. The number of fused-ring (bicyclic) bond motifs is 1. The minimum atomic E-state index is -3.77. The number of H-pyrrole nitrogens is 1. The number of aromatic amines is 1. The second-order valence-electron chi connectivity index (χ2n) is 4.07. The predicted octanol–water partition coefficient (Wildman–Crippen LogP) is 2.41. The molecular weight excluding hydrogens is 300 g/mol. The molecule has 0 aliphatic rings. The van der Waals surface area contributed by atoms with Gasteiger partial charge < -0.3 is 0 Å². The van der Waals surface area contributed by atoms with Gasteiger partial charge >= 0.3 is 0 Å². The summed E-state index contributed by atoms with van der Waals surface area (Å²) in [5, 5.41) is 7.48. The van der Waals surface area contributed by atoms with E-state index in [1.807, 2.05) is 0 Å². The average molecular weight is 309 g/mol. The molecule has 0 saturated heterocycles. The Kier molecular flexibility index (Phi) is 3.07. The SMILES string of the molecule is O=S(=O)(Nc1ccc2cn[nH]c2c1)c1cccnc1Cl. The second-order valence-corrected chi connectivity index (χ2v) is 6.08. The van der Waals surface area contributed by atoms with E-state index in [2.05, 4.69) is 19.9 Å². The lowest BCUT2D eigenvalue weighted by molar-refractivity contribution is 0.601. The molecule has 0 spiro atoms. The van der Waals surface area contributed by atoms with E-state index in [0.29, 0.717) is 5.69 Å². The number of aromatic nitrogens is 3. The van der Waals surface area contributed by atoms with Gasteiger partial charge in [0.15, 0.2) is 0 Å². The zero-order chi connectivity index (χ0) is 14.2. The monoisotopic (exact) mass is 308 g/mol. The number of hydrogen-bond acceptors (Lipinski definition) is 4. The van der Waals surface area contributed by atoms with Gasteiger partial charge in [-0.05, 0) is 30.3 Å². The van der Waals surface area contributed by atoms with Crippen LogP contribution in [0.2, 0.25) is 5.15 Å². The van der Waals surface area contributed by atoms with Crippen LogP contribution < -0.4 is 4.72 Å². The highest BCUT2D eigenvalue weighted by molar-refractivity contribution is 7.92. The first kappa shape index (κ1) is 12.9. The molecule has 102 valence electrons. The maximum Gasteiger partial charge on any atom is 0.264 e. The topological polar surface area (TPSA) is 87.7 Å². The number of pyridine rings is 1. The molecule has 0 aliphatic carbocycles. The molecule has 0 unspecified atom stereocenters. The van der Waals surface area contributed by atoms with Gasteiger partial charge in [-0.15, -0.1) is 0 Å². The second kappa shape index (κ2) is 4.77. The largest absolute Gasteiger partial charge is 0.279 e. The van der Waals surface area contributed by atoms with E-state index >= 15 is 0 Å². The van der Waals surface area contributed by atoms with E-state index < -0.39 is 10.0 Å². The fraction of sp³-hybridized carbons (Fsp3) is 0. The molecule has 2 aromatic heterocycles. The molecule has 2 N–H and O–H groups in total. The van der Waals surface area contributed by atoms with Crippen LogP contribution in [-0.4, -0.2) is 23.6 Å². The van der Waals surface area contributed by atoms with Gasteiger partial charge in [0.25, 0.3) is 10.0 Å². The maximum absolute atomic E-state index is 12.2. The van der Waals surface area contributed by atoms with Crippen molar-refractivity contribution in [2.24, 2.45) is 0 Å². The van der Waals surface area contributed by atoms with Gasteiger partial charge in [0.05, 0.1) is 17.4 Å². The van der Waals surface area contributed by atoms with Crippen LogP contribution in [0.1, 0.15) is 0 Å². The zero-order valence-electron chi connectivity index (χ0n) is 10.0. The summed E-state index contributed by atoms with van der Waals surface area (Å²) in [6.07, 6.45) is 3.09. The Bertz CT molecular complexity index is 876. The molecule has 0 aliphatic heterocycles. The molecular formula is C12H9ClN4O2S. The lowest BCUT2D eigenvalue weighted by atomic mass is 10.2. The van der Waals surface area contributed by atoms with Crippen LogP contribution in [-0.2, 0) is 10.0 Å². The first-order valence-electron chi connectivity index (χ1n) is 5.63. The lowest BCUT2D eigenvalue weighted by Crippen LogP contribution is -2.13. The van der Waals surface area contributed by atoms with Crippen molar-refractivity contribution in [2.45, 2.75) is 4.90 Å². The van der Waals surface area contributed by atoms with Crippen LogP contribution >= 0.6 is 11.6 Å². The van der Waals surface area contributed by atoms with Crippen molar-refractivity contribution in [3.63, 3.8) is 0 Å². The third-order valence-electron chi connectivity index (χ3n) is 2.71. The Morgan fingerprint density at radius 2 is 2.10 bits per heavy atom. The molecule has 8 heteroatoms. The van der Waals surface area contributed by atoms with Crippen molar-refractivity contribution >= 4 is 38.2 Å². The number of rotatable bonds is 3. The number of halogens is 1. The summed E-state index contributed by atoms with van der Waals surface area (Å²) in [5.74, 6) is 0. The summed E-state index contributed by atoms with van der Waals surface area (Å²) < 4.78 is 26.9. The Morgan fingerprint density at radius 3 is 2.90 bits per heavy atom. The quantitative estimate of drug-likeness (QED) is 0.727. The van der Waals surface area contributed by atoms with E-state index in [1.165, 1.54) is 18.3 Å². The molecule has 3 aromatic rings. The summed E-state index contributed by atoms with van der Waals surface area (Å²) in [5.41, 5.74) is 1.16. The summed E-state index contributed by atoms with van der Waals surface area (Å²) >= 11 is 5.81. The average Bonchev–Trinajstić information content (AvgIpc) is 2.86. The first-order chi connectivity index (χ1) is 9.56. The standard InChI is InChI=1S/C12H9ClN4O2S/c13-12-11(2-1-5-14-12)20(18,19)17-9-4-3-8-7-15-16-10(8)6-9/h1-7,17H,(H,15,16). The zero-order valence-corrected chi connectivity index (χ0v) is 11.6. The number of anilines is 1. The van der Waals surface area contributed by atoms with E-state index in [9.17, 15) is 8.42 Å². The predicted molar refractivity (Wildman–Crippen MR) is 76.1 cm³/mol. The van der Waals surface area contributed by atoms with Gasteiger partial charge in [0.2, 0.25) is 0 Å². The number of hydrogen-bond donors (Lipinski definition) is 2. The summed E-state index contributed by atoms with van der Waals surface area (Å²) in [7, 11) is -3.77. The summed E-state index contributed by atoms with van der Waals surface area (Å²) in [6.45, 7) is 0. The van der Waals surface area contributed by atoms with Crippen LogP contribution in [0.25, 0.3) is 10.9 Å². The molecule has 6 nitrogen and oxygen atoms in total. The maximum atomic E-state index is 12.2. The van der Waals surface area contributed by atoms with E-state index in [4.69, 9.17) is 11.6 Å². The van der Waals surface area contributed by atoms with Crippen molar-refractivity contribution in [2.75, 3.05) is 4.72 Å². The molecule has 0 amide bonds. The van der Waals surface area contributed by atoms with Crippen molar-refractivity contribution in [1.29, 1.82) is 0 Å². The fourth-order valence-corrected chi connectivity index (χ4v) is 3.29. The molecule has 0 atom stereocenters. The van der Waals surface area contributed by atoms with Gasteiger partial charge in [0, 0.05) is 11.6 Å². The van der Waals surface area contributed by atoms with Crippen LogP contribution in [0.3, 0.4) is 0 Å². The van der Waals surface area contributed by atoms with Gasteiger partial charge in [-0.2, -0.15) is 5.10 Å². The fourth-order valence-electron chi connectivity index (χ4n) is 1.78. The minimum Gasteiger partial charge on any atom is -0.279 e. The number of benzene rings is 1. The number of sulfonamides is 1. The van der Waals surface area contributed by atoms with Crippen LogP contribution in [0.4, 0.5) is 5.69 Å². The highest BCUT2D eigenvalue weighted by atomic mass is 35.5. The van der Waals surface area contributed by atoms with Gasteiger partial charge in [0.1, 0.15) is 10.0 Å². The highest BCUT2D eigenvalue weighted by Crippen LogP contribution is 2.23. The van der Waals surface area contributed by atoms with Gasteiger partial charge in [-0.3, -0.25) is 9.82 Å². The van der Waals surface area contributed by atoms with E-state index in [-0.39, 0.29) is 10.0 Å². The molecule has 0 bridgehead atoms. The van der Waals surface area contributed by atoms with Crippen LogP contribution in [0.15, 0.2) is 47.6 Å². The van der Waals surface area contributed by atoms with Crippen molar-refractivity contribution in [1.82, 2.24) is 15.2 Å². The molecule has 0 saturated carbocycles. The van der Waals surface area contributed by atoms with Crippen LogP contribution in [0.5, 0.6) is 0 Å². The Labute approximate surface area is 119 Å². The molecule has 0 radical (unpaired) electrons. The smallest absolute Gasteiger partial charge is 0.264 e. The van der Waals surface area contributed by atoms with Crippen molar-refractivity contribution in [3.8, 4) is 0 Å². The van der Waals surface area contributed by atoms with E-state index in [1.54, 1.807) is 24.4 Å². The number of nitrogens with zero attached hydrogens (tertiary/aromatic N) is 2. The minimum absolute atomic E-state index is 0.0635. The van der Waals surface area contributed by atoms with Gasteiger partial charge in [-0.1, -0.05) is 11.6 Å². The molecule has 2 heterocycles. The summed E-state index contributed by atoms with van der Waals surface area (Å²) in [4.78, 5) is 3.70. The summed E-state index contributed by atoms with van der Waals surface area (Å²) in [6, 6.07) is 7.98. The number of nitrogens with one attached hydrogen (secondary N) is 2. The normalized spacial score (nSPS) is 11.7. The van der Waals surface area contributed by atoms with Gasteiger partial charge in [-0.25, -0.2) is 13.4 Å². The Balaban J connectivity index is 1.99. The first-order valence-corrected chi connectivity index (χ1v) is 7.49. The molecule has 20 heavy (non-hydrogen) atoms. The Hall–Kier alpha value is -2.12. The third kappa shape index (κ3) is 2.33. The molecule has 3 rings (SSSR count). The Morgan fingerprint density at radius 1 is 1.25 bits per heavy atom. The highest BCUT2D eigenvalue weighted by Gasteiger charge is 2.18. The third-order valence-corrected chi connectivity index (χ3v) is 4.53. The van der Waals surface area contributed by atoms with Crippen molar-refractivity contribution in [3.05, 3.63) is 47.9 Å². The molecule has 0 fully saturated rings. The lowest BCUT2D eigenvalue weighted by Gasteiger charge is -2.08. The van der Waals surface area contributed by atoms with Crippen molar-refractivity contribution < 1.29 is 8.42 Å².